The van der Waals surface area contributed by atoms with E-state index in [1.165, 1.54) is 18.2 Å². The van der Waals surface area contributed by atoms with Gasteiger partial charge in [-0.05, 0) is 43.4 Å². The van der Waals surface area contributed by atoms with Crippen molar-refractivity contribution in [3.8, 4) is 0 Å². The molecule has 0 aliphatic carbocycles. The third-order valence-corrected chi connectivity index (χ3v) is 4.18. The Bertz CT molecular complexity index is 797. The molecule has 2 aromatic carbocycles. The molecule has 3 N–H and O–H groups in total. The smallest absolute Gasteiger partial charge is 0.255 e. The topological polar surface area (TPSA) is 53.2 Å². The zero-order chi connectivity index (χ0) is 19.3. The number of rotatable bonds is 4. The average molecular weight is 435 g/mol. The number of hydrogen-bond donors (Lipinski definition) is 3. The van der Waals surface area contributed by atoms with E-state index in [1.807, 2.05) is 31.2 Å². The van der Waals surface area contributed by atoms with Crippen LogP contribution >= 0.6 is 47.0 Å². The van der Waals surface area contributed by atoms with Gasteiger partial charge in [0.05, 0.1) is 5.56 Å². The molecular weight excluding hydrogens is 420 g/mol. The molecule has 138 valence electrons. The van der Waals surface area contributed by atoms with Crippen LogP contribution in [0.1, 0.15) is 15.9 Å². The highest BCUT2D eigenvalue weighted by molar-refractivity contribution is 7.80. The molecule has 0 spiro atoms. The van der Waals surface area contributed by atoms with E-state index in [0.717, 1.165) is 17.3 Å². The maximum Gasteiger partial charge on any atom is 0.255 e. The van der Waals surface area contributed by atoms with Crippen molar-refractivity contribution in [3.63, 3.8) is 0 Å². The molecular formula is C17H15Cl3FN3OS. The quantitative estimate of drug-likeness (QED) is 0.375. The van der Waals surface area contributed by atoms with Gasteiger partial charge in [-0.15, -0.1) is 0 Å². The third-order valence-electron chi connectivity index (χ3n) is 3.31. The van der Waals surface area contributed by atoms with Crippen LogP contribution < -0.4 is 16.0 Å². The highest BCUT2D eigenvalue weighted by Crippen LogP contribution is 2.29. The van der Waals surface area contributed by atoms with E-state index in [0.29, 0.717) is 0 Å². The fourth-order valence-electron chi connectivity index (χ4n) is 1.99. The second kappa shape index (κ2) is 8.86. The number of benzene rings is 2. The summed E-state index contributed by atoms with van der Waals surface area (Å²) in [5.41, 5.74) is 1.63. The van der Waals surface area contributed by atoms with Crippen molar-refractivity contribution in [2.24, 2.45) is 0 Å². The molecule has 1 unspecified atom stereocenters. The number of nitrogens with one attached hydrogen (secondary N) is 3. The molecule has 0 radical (unpaired) electrons. The molecule has 4 nitrogen and oxygen atoms in total. The van der Waals surface area contributed by atoms with Crippen LogP contribution in [-0.4, -0.2) is 21.0 Å². The maximum absolute atomic E-state index is 13.8. The zero-order valence-corrected chi connectivity index (χ0v) is 16.6. The largest absolute Gasteiger partial charge is 0.339 e. The summed E-state index contributed by atoms with van der Waals surface area (Å²) < 4.78 is 11.8. The van der Waals surface area contributed by atoms with Crippen LogP contribution in [0.4, 0.5) is 10.1 Å². The average Bonchev–Trinajstić information content (AvgIpc) is 2.56. The summed E-state index contributed by atoms with van der Waals surface area (Å²) in [5, 5.41) is 8.18. The number of anilines is 1. The molecule has 0 bridgehead atoms. The second-order valence-corrected chi connectivity index (χ2v) is 8.17. The van der Waals surface area contributed by atoms with Crippen molar-refractivity contribution >= 4 is 63.7 Å². The Hall–Kier alpha value is -1.60. The van der Waals surface area contributed by atoms with E-state index in [4.69, 9.17) is 47.0 Å². The number of alkyl halides is 3. The number of thiocarbonyl (C=S) groups is 1. The van der Waals surface area contributed by atoms with Crippen molar-refractivity contribution in [1.29, 1.82) is 0 Å². The highest BCUT2D eigenvalue weighted by Gasteiger charge is 2.35. The van der Waals surface area contributed by atoms with Crippen LogP contribution in [0.2, 0.25) is 0 Å². The predicted molar refractivity (Wildman–Crippen MR) is 108 cm³/mol. The van der Waals surface area contributed by atoms with E-state index in [9.17, 15) is 9.18 Å². The molecule has 2 aromatic rings. The highest BCUT2D eigenvalue weighted by atomic mass is 35.6. The van der Waals surface area contributed by atoms with Crippen molar-refractivity contribution in [2.75, 3.05) is 5.32 Å². The molecule has 2 rings (SSSR count). The fourth-order valence-corrected chi connectivity index (χ4v) is 2.55. The van der Waals surface area contributed by atoms with Gasteiger partial charge in [-0.25, -0.2) is 4.39 Å². The fraction of sp³-hybridized carbons (Fsp3) is 0.176. The lowest BCUT2D eigenvalue weighted by molar-refractivity contribution is 0.0930. The Morgan fingerprint density at radius 1 is 1.08 bits per heavy atom. The molecule has 0 aromatic heterocycles. The second-order valence-electron chi connectivity index (χ2n) is 5.39. The summed E-state index contributed by atoms with van der Waals surface area (Å²) in [6.07, 6.45) is -1.19. The number of aryl methyl sites for hydroxylation is 1. The minimum absolute atomic E-state index is 0.124. The van der Waals surface area contributed by atoms with Crippen LogP contribution in [0.25, 0.3) is 0 Å². The minimum atomic E-state index is -1.93. The minimum Gasteiger partial charge on any atom is -0.339 e. The molecule has 1 atom stereocenters. The first-order valence-electron chi connectivity index (χ1n) is 7.43. The summed E-state index contributed by atoms with van der Waals surface area (Å²) in [6, 6.07) is 12.9. The van der Waals surface area contributed by atoms with Crippen LogP contribution in [0, 0.1) is 12.7 Å². The van der Waals surface area contributed by atoms with Crippen LogP contribution in [0.3, 0.4) is 0 Å². The van der Waals surface area contributed by atoms with Gasteiger partial charge in [0.25, 0.3) is 5.91 Å². The lowest BCUT2D eigenvalue weighted by atomic mass is 10.2. The summed E-state index contributed by atoms with van der Waals surface area (Å²) >= 11 is 22.9. The molecule has 1 amide bonds. The van der Waals surface area contributed by atoms with Crippen LogP contribution in [-0.2, 0) is 0 Å². The SMILES string of the molecule is Cc1ccc(NC(=S)NC(NC(=O)c2ccccc2F)C(Cl)(Cl)Cl)cc1. The number of carbonyl (C=O) groups excluding carboxylic acids is 1. The Balaban J connectivity index is 2.07. The molecule has 26 heavy (non-hydrogen) atoms. The normalized spacial score (nSPS) is 12.2. The molecule has 0 fully saturated rings. The Kier molecular flexibility index (Phi) is 7.06. The van der Waals surface area contributed by atoms with Crippen LogP contribution in [0.15, 0.2) is 48.5 Å². The van der Waals surface area contributed by atoms with Gasteiger partial charge in [-0.2, -0.15) is 0 Å². The van der Waals surface area contributed by atoms with Gasteiger partial charge in [-0.1, -0.05) is 64.6 Å². The van der Waals surface area contributed by atoms with E-state index < -0.39 is 21.7 Å². The van der Waals surface area contributed by atoms with Crippen molar-refractivity contribution in [2.45, 2.75) is 16.9 Å². The first kappa shape index (κ1) is 20.7. The third kappa shape index (κ3) is 5.99. The van der Waals surface area contributed by atoms with Gasteiger partial charge in [0.2, 0.25) is 3.79 Å². The molecule has 0 saturated carbocycles. The molecule has 0 aliphatic rings. The zero-order valence-electron chi connectivity index (χ0n) is 13.5. The Morgan fingerprint density at radius 2 is 1.69 bits per heavy atom. The lowest BCUT2D eigenvalue weighted by Crippen LogP contribution is -2.56. The van der Waals surface area contributed by atoms with Gasteiger partial charge >= 0.3 is 0 Å². The van der Waals surface area contributed by atoms with Crippen molar-refractivity contribution in [3.05, 3.63) is 65.5 Å². The molecule has 0 heterocycles. The number of halogens is 4. The molecule has 9 heteroatoms. The maximum atomic E-state index is 13.8. The van der Waals surface area contributed by atoms with Crippen molar-refractivity contribution in [1.82, 2.24) is 10.6 Å². The summed E-state index contributed by atoms with van der Waals surface area (Å²) in [7, 11) is 0. The standard InChI is InChI=1S/C17H15Cl3FN3OS/c1-10-6-8-11(9-7-10)22-16(26)24-15(17(18,19)20)23-14(25)12-4-2-3-5-13(12)21/h2-9,15H,1H3,(H,23,25)(H2,22,24,26). The summed E-state index contributed by atoms with van der Waals surface area (Å²) in [6.45, 7) is 1.96. The first-order chi connectivity index (χ1) is 12.2. The number of amides is 1. The van der Waals surface area contributed by atoms with Gasteiger partial charge < -0.3 is 16.0 Å². The van der Waals surface area contributed by atoms with Gasteiger partial charge in [0, 0.05) is 5.69 Å². The van der Waals surface area contributed by atoms with Gasteiger partial charge in [0.15, 0.2) is 5.11 Å². The first-order valence-corrected chi connectivity index (χ1v) is 8.97. The van der Waals surface area contributed by atoms with Gasteiger partial charge in [0.1, 0.15) is 12.0 Å². The Morgan fingerprint density at radius 3 is 2.27 bits per heavy atom. The lowest BCUT2D eigenvalue weighted by Gasteiger charge is -2.27. The monoisotopic (exact) mass is 433 g/mol. The summed E-state index contributed by atoms with van der Waals surface area (Å²) in [5.74, 6) is -1.43. The van der Waals surface area contributed by atoms with Crippen molar-refractivity contribution < 1.29 is 9.18 Å². The van der Waals surface area contributed by atoms with Gasteiger partial charge in [-0.3, -0.25) is 4.79 Å². The number of hydrogen-bond acceptors (Lipinski definition) is 2. The predicted octanol–water partition coefficient (Wildman–Crippen LogP) is 4.55. The van der Waals surface area contributed by atoms with E-state index in [-0.39, 0.29) is 10.7 Å². The van der Waals surface area contributed by atoms with E-state index >= 15 is 0 Å². The molecule has 0 aliphatic heterocycles. The van der Waals surface area contributed by atoms with E-state index in [1.54, 1.807) is 0 Å². The summed E-state index contributed by atoms with van der Waals surface area (Å²) in [4.78, 5) is 12.3. The van der Waals surface area contributed by atoms with E-state index in [2.05, 4.69) is 16.0 Å². The van der Waals surface area contributed by atoms with Crippen LogP contribution in [0.5, 0.6) is 0 Å². The molecule has 0 saturated heterocycles. The Labute approximate surface area is 171 Å². The number of carbonyl (C=O) groups is 1.